The van der Waals surface area contributed by atoms with E-state index < -0.39 is 12.1 Å². The van der Waals surface area contributed by atoms with Gasteiger partial charge in [0.25, 0.3) is 0 Å². The second kappa shape index (κ2) is 67.8. The van der Waals surface area contributed by atoms with Crippen LogP contribution in [0.1, 0.15) is 399 Å². The van der Waals surface area contributed by atoms with Gasteiger partial charge in [0.1, 0.15) is 0 Å². The number of nitrogens with one attached hydrogen (secondary N) is 1. The zero-order valence-electron chi connectivity index (χ0n) is 52.9. The van der Waals surface area contributed by atoms with E-state index in [0.717, 1.165) is 44.9 Å². The van der Waals surface area contributed by atoms with Crippen molar-refractivity contribution in [2.24, 2.45) is 0 Å². The normalized spacial score (nSPS) is 12.6. The van der Waals surface area contributed by atoms with Gasteiger partial charge in [0.15, 0.2) is 0 Å². The van der Waals surface area contributed by atoms with Crippen LogP contribution in [0.25, 0.3) is 0 Å². The highest BCUT2D eigenvalue weighted by atomic mass is 16.5. The Bertz CT molecular complexity index is 1220. The summed E-state index contributed by atoms with van der Waals surface area (Å²) in [6.07, 6.45) is 85.5. The Balaban J connectivity index is 3.39. The Morgan fingerprint density at radius 2 is 0.615 bits per heavy atom. The van der Waals surface area contributed by atoms with E-state index >= 15 is 0 Å². The van der Waals surface area contributed by atoms with Crippen LogP contribution >= 0.6 is 0 Å². The molecule has 78 heavy (non-hydrogen) atoms. The third-order valence-corrected chi connectivity index (χ3v) is 16.7. The number of carbonyl (C=O) groups excluding carboxylic acids is 2. The molecule has 0 aromatic rings. The van der Waals surface area contributed by atoms with Crippen molar-refractivity contribution in [2.75, 3.05) is 13.2 Å². The van der Waals surface area contributed by atoms with E-state index in [9.17, 15) is 19.8 Å². The predicted octanol–water partition coefficient (Wildman–Crippen LogP) is 22.9. The number of amides is 1. The quantitative estimate of drug-likeness (QED) is 0.0320. The van der Waals surface area contributed by atoms with Crippen LogP contribution in [0.4, 0.5) is 0 Å². The summed E-state index contributed by atoms with van der Waals surface area (Å²) >= 11 is 0. The van der Waals surface area contributed by atoms with Crippen LogP contribution in [0.3, 0.4) is 0 Å². The van der Waals surface area contributed by atoms with Crippen molar-refractivity contribution in [3.05, 3.63) is 24.3 Å². The Labute approximate surface area is 488 Å². The Morgan fingerprint density at radius 1 is 0.346 bits per heavy atom. The van der Waals surface area contributed by atoms with Crippen LogP contribution < -0.4 is 5.32 Å². The molecule has 2 atom stereocenters. The Morgan fingerprint density at radius 3 is 0.949 bits per heavy atom. The zero-order chi connectivity index (χ0) is 56.4. The van der Waals surface area contributed by atoms with Crippen molar-refractivity contribution in [1.29, 1.82) is 0 Å². The van der Waals surface area contributed by atoms with E-state index in [-0.39, 0.29) is 18.5 Å². The van der Waals surface area contributed by atoms with Gasteiger partial charge in [0.2, 0.25) is 5.91 Å². The predicted molar refractivity (Wildman–Crippen MR) is 343 cm³/mol. The molecule has 0 aromatic heterocycles. The highest BCUT2D eigenvalue weighted by molar-refractivity contribution is 5.76. The summed E-state index contributed by atoms with van der Waals surface area (Å²) in [5, 5.41) is 23.3. The smallest absolute Gasteiger partial charge is 0.305 e. The lowest BCUT2D eigenvalue weighted by molar-refractivity contribution is -0.143. The van der Waals surface area contributed by atoms with Gasteiger partial charge in [-0.05, 0) is 51.4 Å². The third-order valence-electron chi connectivity index (χ3n) is 16.7. The van der Waals surface area contributed by atoms with Crippen molar-refractivity contribution in [3.8, 4) is 0 Å². The molecule has 0 saturated heterocycles. The first-order valence-electron chi connectivity index (χ1n) is 35.6. The maximum Gasteiger partial charge on any atom is 0.305 e. The molecule has 6 nitrogen and oxygen atoms in total. The van der Waals surface area contributed by atoms with E-state index in [2.05, 4.69) is 31.3 Å². The highest BCUT2D eigenvalue weighted by Crippen LogP contribution is 2.19. The minimum atomic E-state index is -0.844. The maximum atomic E-state index is 12.5. The minimum Gasteiger partial charge on any atom is -0.466 e. The number of esters is 1. The van der Waals surface area contributed by atoms with Gasteiger partial charge in [-0.25, -0.2) is 0 Å². The zero-order valence-corrected chi connectivity index (χ0v) is 52.9. The largest absolute Gasteiger partial charge is 0.466 e. The topological polar surface area (TPSA) is 95.9 Å². The van der Waals surface area contributed by atoms with Crippen LogP contribution in [-0.4, -0.2) is 47.4 Å². The van der Waals surface area contributed by atoms with Crippen molar-refractivity contribution in [3.63, 3.8) is 0 Å². The lowest BCUT2D eigenvalue weighted by atomic mass is 10.0. The summed E-state index contributed by atoms with van der Waals surface area (Å²) < 4.78 is 5.47. The molecule has 0 bridgehead atoms. The number of hydrogen-bond acceptors (Lipinski definition) is 5. The Kier molecular flexibility index (Phi) is 66.4. The monoisotopic (exact) mass is 1100 g/mol. The number of carbonyl (C=O) groups is 2. The molecule has 0 saturated carbocycles. The molecule has 6 heteroatoms. The molecule has 0 aliphatic heterocycles. The molecule has 0 rings (SSSR count). The fourth-order valence-electron chi connectivity index (χ4n) is 11.3. The molecular weight excluding hydrogens is 959 g/mol. The molecule has 3 N–H and O–H groups in total. The van der Waals surface area contributed by atoms with Gasteiger partial charge in [-0.15, -0.1) is 0 Å². The summed E-state index contributed by atoms with van der Waals surface area (Å²) in [4.78, 5) is 24.5. The number of hydrogen-bond donors (Lipinski definition) is 3. The van der Waals surface area contributed by atoms with Crippen LogP contribution in [0.5, 0.6) is 0 Å². The molecule has 462 valence electrons. The SMILES string of the molecule is CCCC/C=C\CCCCCCCC(=O)OCCCCCCCCCCCCCCCCCCCCCCCCCCCCC(=O)NC(CO)C(O)/C=C/CCCCCCCCCCCCCCCCCCCCCCCC. The van der Waals surface area contributed by atoms with E-state index in [0.29, 0.717) is 19.4 Å². The van der Waals surface area contributed by atoms with Crippen molar-refractivity contribution in [2.45, 2.75) is 411 Å². The fourth-order valence-corrected chi connectivity index (χ4v) is 11.3. The first-order chi connectivity index (χ1) is 38.5. The van der Waals surface area contributed by atoms with Crippen LogP contribution in [-0.2, 0) is 14.3 Å². The second-order valence-electron chi connectivity index (χ2n) is 24.6. The van der Waals surface area contributed by atoms with Crippen molar-refractivity contribution >= 4 is 11.9 Å². The second-order valence-corrected chi connectivity index (χ2v) is 24.6. The lowest BCUT2D eigenvalue weighted by Gasteiger charge is -2.20. The van der Waals surface area contributed by atoms with Gasteiger partial charge in [-0.2, -0.15) is 0 Å². The van der Waals surface area contributed by atoms with Crippen LogP contribution in [0, 0.1) is 0 Å². The van der Waals surface area contributed by atoms with Crippen molar-refractivity contribution in [1.82, 2.24) is 5.32 Å². The number of ether oxygens (including phenoxy) is 1. The van der Waals surface area contributed by atoms with Gasteiger partial charge in [-0.3, -0.25) is 9.59 Å². The molecule has 2 unspecified atom stereocenters. The summed E-state index contributed by atoms with van der Waals surface area (Å²) in [5.41, 5.74) is 0. The number of rotatable bonds is 67. The fraction of sp³-hybridized carbons (Fsp3) is 0.917. The van der Waals surface area contributed by atoms with Crippen LogP contribution in [0.2, 0.25) is 0 Å². The number of unbranched alkanes of at least 4 members (excludes halogenated alkanes) is 54. The third kappa shape index (κ3) is 63.5. The molecule has 0 fully saturated rings. The molecule has 1 amide bonds. The van der Waals surface area contributed by atoms with E-state index in [1.807, 2.05) is 6.08 Å². The van der Waals surface area contributed by atoms with Crippen LogP contribution in [0.15, 0.2) is 24.3 Å². The average Bonchev–Trinajstić information content (AvgIpc) is 3.44. The average molecular weight is 1100 g/mol. The summed E-state index contributed by atoms with van der Waals surface area (Å²) in [7, 11) is 0. The van der Waals surface area contributed by atoms with Gasteiger partial charge < -0.3 is 20.3 Å². The standard InChI is InChI=1S/C72H139NO5/c1-3-5-7-9-11-13-15-16-17-18-19-20-21-26-29-32-35-38-41-45-48-52-56-60-64-70(75)69(68-74)73-71(76)65-61-57-53-49-46-42-39-36-33-30-27-24-22-23-25-28-31-34-37-40-43-47-51-55-59-63-67-78-72(77)66-62-58-54-50-44-14-12-10-8-6-4-2/h10,12,60,64,69-70,74-75H,3-9,11,13-59,61-63,65-68H2,1-2H3,(H,73,76)/b12-10-,64-60+. The van der Waals surface area contributed by atoms with Gasteiger partial charge in [0, 0.05) is 12.8 Å². The van der Waals surface area contributed by atoms with Gasteiger partial charge in [0.05, 0.1) is 25.4 Å². The maximum absolute atomic E-state index is 12.5. The molecule has 0 aromatic carbocycles. The molecule has 0 radical (unpaired) electrons. The van der Waals surface area contributed by atoms with E-state index in [1.165, 1.54) is 327 Å². The summed E-state index contributed by atoms with van der Waals surface area (Å²) in [6, 6.07) is -0.627. The first-order valence-corrected chi connectivity index (χ1v) is 35.6. The molecule has 0 spiro atoms. The summed E-state index contributed by atoms with van der Waals surface area (Å²) in [5.74, 6) is -0.0547. The van der Waals surface area contributed by atoms with Gasteiger partial charge in [-0.1, -0.05) is 359 Å². The summed E-state index contributed by atoms with van der Waals surface area (Å²) in [6.45, 7) is 4.91. The molecule has 0 heterocycles. The van der Waals surface area contributed by atoms with Gasteiger partial charge >= 0.3 is 5.97 Å². The number of aliphatic hydroxyl groups excluding tert-OH is 2. The number of aliphatic hydroxyl groups is 2. The van der Waals surface area contributed by atoms with Crippen molar-refractivity contribution < 1.29 is 24.5 Å². The molecule has 0 aliphatic carbocycles. The highest BCUT2D eigenvalue weighted by Gasteiger charge is 2.18. The van der Waals surface area contributed by atoms with E-state index in [1.54, 1.807) is 6.08 Å². The first kappa shape index (κ1) is 76.3. The molecule has 0 aliphatic rings. The molecular formula is C72H139NO5. The minimum absolute atomic E-state index is 0.00642. The lowest BCUT2D eigenvalue weighted by Crippen LogP contribution is -2.45. The van der Waals surface area contributed by atoms with E-state index in [4.69, 9.17) is 4.74 Å². The Hall–Kier alpha value is -1.66. The number of allylic oxidation sites excluding steroid dienone is 3.